The van der Waals surface area contributed by atoms with Crippen LogP contribution in [0.3, 0.4) is 0 Å². The number of aryl methyl sites for hydroxylation is 2. The smallest absolute Gasteiger partial charge is 0.133 e. The Morgan fingerprint density at radius 2 is 2.31 bits per heavy atom. The lowest BCUT2D eigenvalue weighted by Gasteiger charge is -2.20. The van der Waals surface area contributed by atoms with Crippen molar-refractivity contribution in [1.82, 2.24) is 9.78 Å². The van der Waals surface area contributed by atoms with E-state index in [4.69, 9.17) is 11.6 Å². The number of hydrogen-bond acceptors (Lipinski definition) is 2. The van der Waals surface area contributed by atoms with Gasteiger partial charge in [-0.15, -0.1) is 0 Å². The first kappa shape index (κ1) is 11.6. The van der Waals surface area contributed by atoms with E-state index in [0.717, 1.165) is 42.1 Å². The monoisotopic (exact) mass is 240 g/mol. The normalized spacial score (nSPS) is 21.4. The average Bonchev–Trinajstić information content (AvgIpc) is 2.45. The second-order valence-corrected chi connectivity index (χ2v) is 5.05. The van der Waals surface area contributed by atoms with Crippen molar-refractivity contribution in [3.05, 3.63) is 16.4 Å². The maximum absolute atomic E-state index is 11.4. The third kappa shape index (κ3) is 2.29. The molecule has 0 aromatic carbocycles. The summed E-state index contributed by atoms with van der Waals surface area (Å²) in [5, 5.41) is 5.06. The van der Waals surface area contributed by atoms with E-state index >= 15 is 0 Å². The van der Waals surface area contributed by atoms with Crippen LogP contribution in [0, 0.1) is 12.8 Å². The van der Waals surface area contributed by atoms with Crippen molar-refractivity contribution in [2.24, 2.45) is 13.0 Å². The molecule has 0 aliphatic heterocycles. The zero-order valence-corrected chi connectivity index (χ0v) is 10.5. The zero-order valence-electron chi connectivity index (χ0n) is 9.79. The Balaban J connectivity index is 2.11. The minimum Gasteiger partial charge on any atom is -0.300 e. The van der Waals surface area contributed by atoms with Gasteiger partial charge in [-0.1, -0.05) is 11.6 Å². The van der Waals surface area contributed by atoms with Crippen molar-refractivity contribution in [3.8, 4) is 0 Å². The van der Waals surface area contributed by atoms with Crippen LogP contribution in [0.5, 0.6) is 0 Å². The zero-order chi connectivity index (χ0) is 11.7. The molecule has 1 saturated carbocycles. The molecule has 0 amide bonds. The second kappa shape index (κ2) is 4.58. The lowest BCUT2D eigenvalue weighted by atomic mass is 9.85. The number of halogens is 1. The molecular formula is C12H17ClN2O. The van der Waals surface area contributed by atoms with Crippen LogP contribution in [-0.2, 0) is 18.3 Å². The van der Waals surface area contributed by atoms with E-state index in [1.807, 2.05) is 18.7 Å². The molecule has 16 heavy (non-hydrogen) atoms. The van der Waals surface area contributed by atoms with Gasteiger partial charge in [0, 0.05) is 19.9 Å². The molecule has 2 rings (SSSR count). The van der Waals surface area contributed by atoms with E-state index in [0.29, 0.717) is 18.1 Å². The van der Waals surface area contributed by atoms with Gasteiger partial charge in [0.1, 0.15) is 5.78 Å². The highest BCUT2D eigenvalue weighted by Crippen LogP contribution is 2.28. The number of hydrogen-bond donors (Lipinski definition) is 0. The van der Waals surface area contributed by atoms with E-state index in [2.05, 4.69) is 5.10 Å². The number of ketones is 1. The molecule has 0 N–H and O–H groups in total. The SMILES string of the molecule is Cc1nn(C)c(CC2CCCC(=O)C2)c1Cl. The fraction of sp³-hybridized carbons (Fsp3) is 0.667. The third-order valence-corrected chi connectivity index (χ3v) is 3.82. The van der Waals surface area contributed by atoms with Gasteiger partial charge >= 0.3 is 0 Å². The van der Waals surface area contributed by atoms with Crippen LogP contribution in [-0.4, -0.2) is 15.6 Å². The Kier molecular flexibility index (Phi) is 3.33. The van der Waals surface area contributed by atoms with E-state index < -0.39 is 0 Å². The lowest BCUT2D eigenvalue weighted by molar-refractivity contribution is -0.121. The van der Waals surface area contributed by atoms with E-state index in [-0.39, 0.29) is 0 Å². The number of carbonyl (C=O) groups excluding carboxylic acids is 1. The Morgan fingerprint density at radius 1 is 1.56 bits per heavy atom. The van der Waals surface area contributed by atoms with Crippen molar-refractivity contribution in [2.45, 2.75) is 39.0 Å². The number of nitrogens with zero attached hydrogens (tertiary/aromatic N) is 2. The molecule has 0 radical (unpaired) electrons. The van der Waals surface area contributed by atoms with Gasteiger partial charge in [0.15, 0.2) is 0 Å². The van der Waals surface area contributed by atoms with Gasteiger partial charge < -0.3 is 0 Å². The topological polar surface area (TPSA) is 34.9 Å². The summed E-state index contributed by atoms with van der Waals surface area (Å²) in [7, 11) is 1.92. The van der Waals surface area contributed by atoms with Crippen LogP contribution >= 0.6 is 11.6 Å². The second-order valence-electron chi connectivity index (χ2n) is 4.67. The van der Waals surface area contributed by atoms with Gasteiger partial charge in [0.25, 0.3) is 0 Å². The molecule has 0 spiro atoms. The van der Waals surface area contributed by atoms with Crippen LogP contribution < -0.4 is 0 Å². The van der Waals surface area contributed by atoms with Crippen LogP contribution in [0.25, 0.3) is 0 Å². The fourth-order valence-corrected chi connectivity index (χ4v) is 2.70. The maximum atomic E-state index is 11.4. The summed E-state index contributed by atoms with van der Waals surface area (Å²) in [4.78, 5) is 11.4. The van der Waals surface area contributed by atoms with Gasteiger partial charge in [-0.3, -0.25) is 9.48 Å². The van der Waals surface area contributed by atoms with Crippen molar-refractivity contribution in [3.63, 3.8) is 0 Å². The maximum Gasteiger partial charge on any atom is 0.133 e. The number of Topliss-reactive ketones (excluding diaryl/α,β-unsaturated/α-hetero) is 1. The van der Waals surface area contributed by atoms with Crippen LogP contribution in [0.4, 0.5) is 0 Å². The van der Waals surface area contributed by atoms with Crippen LogP contribution in [0.15, 0.2) is 0 Å². The molecular weight excluding hydrogens is 224 g/mol. The summed E-state index contributed by atoms with van der Waals surface area (Å²) in [5.74, 6) is 0.847. The van der Waals surface area contributed by atoms with Crippen molar-refractivity contribution in [2.75, 3.05) is 0 Å². The number of rotatable bonds is 2. The minimum atomic E-state index is 0.395. The summed E-state index contributed by atoms with van der Waals surface area (Å²) < 4.78 is 1.84. The van der Waals surface area contributed by atoms with Crippen molar-refractivity contribution < 1.29 is 4.79 Å². The summed E-state index contributed by atoms with van der Waals surface area (Å²) in [6.45, 7) is 1.91. The molecule has 88 valence electrons. The Labute approximate surface area is 101 Å². The summed E-state index contributed by atoms with van der Waals surface area (Å²) >= 11 is 6.20. The number of carbonyl (C=O) groups is 1. The van der Waals surface area contributed by atoms with Gasteiger partial charge in [-0.2, -0.15) is 5.10 Å². The van der Waals surface area contributed by atoms with E-state index in [9.17, 15) is 4.79 Å². The molecule has 1 aromatic heterocycles. The molecule has 3 nitrogen and oxygen atoms in total. The van der Waals surface area contributed by atoms with E-state index in [1.54, 1.807) is 0 Å². The highest BCUT2D eigenvalue weighted by atomic mass is 35.5. The van der Waals surface area contributed by atoms with Gasteiger partial charge in [-0.05, 0) is 32.1 Å². The van der Waals surface area contributed by atoms with Crippen molar-refractivity contribution >= 4 is 17.4 Å². The first-order chi connectivity index (χ1) is 7.58. The third-order valence-electron chi connectivity index (χ3n) is 3.33. The van der Waals surface area contributed by atoms with Gasteiger partial charge in [-0.25, -0.2) is 0 Å². The molecule has 0 bridgehead atoms. The Bertz CT molecular complexity index is 411. The first-order valence-electron chi connectivity index (χ1n) is 5.77. The predicted octanol–water partition coefficient (Wildman–Crippen LogP) is 2.68. The molecule has 1 fully saturated rings. The van der Waals surface area contributed by atoms with Crippen LogP contribution in [0.1, 0.15) is 37.1 Å². The highest BCUT2D eigenvalue weighted by molar-refractivity contribution is 6.31. The molecule has 1 aromatic rings. The molecule has 1 atom stereocenters. The summed E-state index contributed by atoms with van der Waals surface area (Å²) in [6, 6.07) is 0. The average molecular weight is 241 g/mol. The quantitative estimate of drug-likeness (QED) is 0.797. The fourth-order valence-electron chi connectivity index (χ4n) is 2.46. The number of aromatic nitrogens is 2. The summed E-state index contributed by atoms with van der Waals surface area (Å²) in [6.07, 6.45) is 4.50. The van der Waals surface area contributed by atoms with Crippen LogP contribution in [0.2, 0.25) is 5.02 Å². The Morgan fingerprint density at radius 3 is 2.88 bits per heavy atom. The largest absolute Gasteiger partial charge is 0.300 e. The minimum absolute atomic E-state index is 0.395. The van der Waals surface area contributed by atoms with Gasteiger partial charge in [0.2, 0.25) is 0 Å². The molecule has 1 aliphatic carbocycles. The lowest BCUT2D eigenvalue weighted by Crippen LogP contribution is -2.18. The molecule has 1 unspecified atom stereocenters. The molecule has 4 heteroatoms. The van der Waals surface area contributed by atoms with E-state index in [1.165, 1.54) is 0 Å². The Hall–Kier alpha value is -0.830. The highest BCUT2D eigenvalue weighted by Gasteiger charge is 2.22. The summed E-state index contributed by atoms with van der Waals surface area (Å²) in [5.41, 5.74) is 1.94. The predicted molar refractivity (Wildman–Crippen MR) is 63.6 cm³/mol. The van der Waals surface area contributed by atoms with Crippen molar-refractivity contribution in [1.29, 1.82) is 0 Å². The van der Waals surface area contributed by atoms with Gasteiger partial charge in [0.05, 0.1) is 16.4 Å². The molecule has 1 heterocycles. The molecule has 1 aliphatic rings. The standard InChI is InChI=1S/C12H17ClN2O/c1-8-12(13)11(15(2)14-8)7-9-4-3-5-10(16)6-9/h9H,3-7H2,1-2H3. The first-order valence-corrected chi connectivity index (χ1v) is 6.15. The molecule has 0 saturated heterocycles.